The summed E-state index contributed by atoms with van der Waals surface area (Å²) < 4.78 is 5.12. The Balaban J connectivity index is 2.30. The third-order valence-corrected chi connectivity index (χ3v) is 2.96. The molecule has 0 aliphatic rings. The first-order chi connectivity index (χ1) is 8.67. The molecule has 0 heterocycles. The highest BCUT2D eigenvalue weighted by molar-refractivity contribution is 5.39. The van der Waals surface area contributed by atoms with Crippen molar-refractivity contribution in [3.63, 3.8) is 0 Å². The van der Waals surface area contributed by atoms with Gasteiger partial charge in [0.05, 0.1) is 7.11 Å². The van der Waals surface area contributed by atoms with Gasteiger partial charge in [-0.2, -0.15) is 0 Å². The molecule has 0 bridgehead atoms. The van der Waals surface area contributed by atoms with Crippen molar-refractivity contribution < 1.29 is 14.9 Å². The van der Waals surface area contributed by atoms with E-state index in [2.05, 4.69) is 5.32 Å². The first-order valence-corrected chi connectivity index (χ1v) is 6.34. The van der Waals surface area contributed by atoms with Crippen LogP contribution in [0.5, 0.6) is 11.5 Å². The summed E-state index contributed by atoms with van der Waals surface area (Å²) >= 11 is 0. The molecule has 1 rings (SSSR count). The molecular weight excluding hydrogens is 230 g/mol. The van der Waals surface area contributed by atoms with Crippen molar-refractivity contribution in [2.24, 2.45) is 5.92 Å². The fourth-order valence-electron chi connectivity index (χ4n) is 1.72. The van der Waals surface area contributed by atoms with Gasteiger partial charge in [-0.25, -0.2) is 0 Å². The highest BCUT2D eigenvalue weighted by Crippen LogP contribution is 2.22. The third kappa shape index (κ3) is 4.94. The first-order valence-electron chi connectivity index (χ1n) is 6.34. The van der Waals surface area contributed by atoms with Crippen LogP contribution in [0.25, 0.3) is 0 Å². The lowest BCUT2D eigenvalue weighted by Gasteiger charge is -2.10. The fourth-order valence-corrected chi connectivity index (χ4v) is 1.72. The lowest BCUT2D eigenvalue weighted by atomic mass is 10.1. The molecule has 4 heteroatoms. The van der Waals surface area contributed by atoms with Gasteiger partial charge < -0.3 is 20.3 Å². The Bertz CT molecular complexity index is 355. The second-order valence-electron chi connectivity index (χ2n) is 4.60. The summed E-state index contributed by atoms with van der Waals surface area (Å²) in [6.45, 7) is 3.78. The Labute approximate surface area is 109 Å². The lowest BCUT2D eigenvalue weighted by Crippen LogP contribution is -2.16. The fraction of sp³-hybridized carbons (Fsp3) is 0.571. The number of aliphatic hydroxyl groups excluding tert-OH is 1. The number of aliphatic hydroxyl groups is 1. The van der Waals surface area contributed by atoms with Gasteiger partial charge in [0.2, 0.25) is 0 Å². The van der Waals surface area contributed by atoms with E-state index in [1.165, 1.54) is 0 Å². The van der Waals surface area contributed by atoms with Gasteiger partial charge in [-0.1, -0.05) is 6.92 Å². The molecule has 102 valence electrons. The summed E-state index contributed by atoms with van der Waals surface area (Å²) in [5, 5.41) is 21.9. The molecule has 0 radical (unpaired) electrons. The molecule has 1 aromatic carbocycles. The Kier molecular flexibility index (Phi) is 6.54. The maximum absolute atomic E-state index is 9.68. The van der Waals surface area contributed by atoms with Crippen molar-refractivity contribution in [3.05, 3.63) is 23.8 Å². The molecule has 0 amide bonds. The van der Waals surface area contributed by atoms with Crippen molar-refractivity contribution in [2.75, 3.05) is 20.3 Å². The Morgan fingerprint density at radius 2 is 2.17 bits per heavy atom. The number of methoxy groups -OCH3 is 1. The van der Waals surface area contributed by atoms with Crippen molar-refractivity contribution in [1.82, 2.24) is 5.32 Å². The van der Waals surface area contributed by atoms with E-state index in [9.17, 15) is 5.11 Å². The molecule has 0 aliphatic heterocycles. The molecule has 0 aliphatic carbocycles. The van der Waals surface area contributed by atoms with E-state index in [1.807, 2.05) is 13.0 Å². The smallest absolute Gasteiger partial charge is 0.120 e. The number of benzene rings is 1. The number of phenolic OH excluding ortho intramolecular Hbond substituents is 1. The van der Waals surface area contributed by atoms with Gasteiger partial charge in [0.1, 0.15) is 11.5 Å². The maximum atomic E-state index is 9.68. The van der Waals surface area contributed by atoms with E-state index >= 15 is 0 Å². The zero-order valence-corrected chi connectivity index (χ0v) is 11.1. The third-order valence-electron chi connectivity index (χ3n) is 2.96. The van der Waals surface area contributed by atoms with Crippen LogP contribution in [0, 0.1) is 5.92 Å². The second-order valence-corrected chi connectivity index (χ2v) is 4.60. The Hall–Kier alpha value is -1.26. The van der Waals surface area contributed by atoms with Crippen molar-refractivity contribution in [3.8, 4) is 11.5 Å². The highest BCUT2D eigenvalue weighted by Gasteiger charge is 2.03. The van der Waals surface area contributed by atoms with Gasteiger partial charge in [-0.3, -0.25) is 0 Å². The SMILES string of the molecule is COc1ccc(O)c(CNCCCC(C)CO)c1. The Morgan fingerprint density at radius 3 is 2.83 bits per heavy atom. The van der Waals surface area contributed by atoms with Crippen LogP contribution >= 0.6 is 0 Å². The minimum Gasteiger partial charge on any atom is -0.508 e. The van der Waals surface area contributed by atoms with Crippen LogP contribution in [-0.2, 0) is 6.54 Å². The van der Waals surface area contributed by atoms with E-state index < -0.39 is 0 Å². The quantitative estimate of drug-likeness (QED) is 0.619. The zero-order chi connectivity index (χ0) is 13.4. The number of aromatic hydroxyl groups is 1. The van der Waals surface area contributed by atoms with Gasteiger partial charge in [0, 0.05) is 18.7 Å². The predicted molar refractivity (Wildman–Crippen MR) is 71.8 cm³/mol. The van der Waals surface area contributed by atoms with Crippen LogP contribution in [-0.4, -0.2) is 30.5 Å². The van der Waals surface area contributed by atoms with Crippen LogP contribution in [0.4, 0.5) is 0 Å². The molecule has 0 fully saturated rings. The van der Waals surface area contributed by atoms with Crippen LogP contribution in [0.1, 0.15) is 25.3 Å². The van der Waals surface area contributed by atoms with Crippen molar-refractivity contribution in [1.29, 1.82) is 0 Å². The van der Waals surface area contributed by atoms with Gasteiger partial charge in [-0.15, -0.1) is 0 Å². The molecule has 3 N–H and O–H groups in total. The minimum atomic E-state index is 0.247. The summed E-state index contributed by atoms with van der Waals surface area (Å²) in [4.78, 5) is 0. The van der Waals surface area contributed by atoms with Crippen LogP contribution in [0.3, 0.4) is 0 Å². The molecule has 1 unspecified atom stereocenters. The summed E-state index contributed by atoms with van der Waals surface area (Å²) in [6.07, 6.45) is 2.03. The molecule has 4 nitrogen and oxygen atoms in total. The standard InChI is InChI=1S/C14H23NO3/c1-11(10-16)4-3-7-15-9-12-8-13(18-2)5-6-14(12)17/h5-6,8,11,15-17H,3-4,7,9-10H2,1-2H3. The van der Waals surface area contributed by atoms with Crippen LogP contribution in [0.2, 0.25) is 0 Å². The van der Waals surface area contributed by atoms with E-state index in [0.717, 1.165) is 30.7 Å². The largest absolute Gasteiger partial charge is 0.508 e. The van der Waals surface area contributed by atoms with Gasteiger partial charge in [-0.05, 0) is 43.5 Å². The molecule has 0 saturated heterocycles. The van der Waals surface area contributed by atoms with E-state index in [-0.39, 0.29) is 12.4 Å². The number of hydrogen-bond acceptors (Lipinski definition) is 4. The Morgan fingerprint density at radius 1 is 1.39 bits per heavy atom. The number of nitrogens with one attached hydrogen (secondary N) is 1. The summed E-state index contributed by atoms with van der Waals surface area (Å²) in [7, 11) is 1.61. The van der Waals surface area contributed by atoms with Gasteiger partial charge in [0.25, 0.3) is 0 Å². The topological polar surface area (TPSA) is 61.7 Å². The van der Waals surface area contributed by atoms with Crippen LogP contribution in [0.15, 0.2) is 18.2 Å². The van der Waals surface area contributed by atoms with E-state index in [0.29, 0.717) is 12.5 Å². The maximum Gasteiger partial charge on any atom is 0.120 e. The minimum absolute atomic E-state index is 0.247. The van der Waals surface area contributed by atoms with Crippen molar-refractivity contribution >= 4 is 0 Å². The number of ether oxygens (including phenoxy) is 1. The lowest BCUT2D eigenvalue weighted by molar-refractivity contribution is 0.228. The van der Waals surface area contributed by atoms with Crippen molar-refractivity contribution in [2.45, 2.75) is 26.3 Å². The normalized spacial score (nSPS) is 12.4. The molecule has 0 aromatic heterocycles. The zero-order valence-electron chi connectivity index (χ0n) is 11.1. The summed E-state index contributed by atoms with van der Waals surface area (Å²) in [6, 6.07) is 5.21. The molecule has 1 aromatic rings. The second kappa shape index (κ2) is 7.95. The number of rotatable bonds is 8. The first kappa shape index (κ1) is 14.8. The summed E-state index contributed by atoms with van der Waals surface area (Å²) in [5.74, 6) is 1.39. The monoisotopic (exact) mass is 253 g/mol. The predicted octanol–water partition coefficient (Wildman–Crippen LogP) is 1.90. The van der Waals surface area contributed by atoms with Gasteiger partial charge >= 0.3 is 0 Å². The molecule has 1 atom stereocenters. The average molecular weight is 253 g/mol. The van der Waals surface area contributed by atoms with E-state index in [1.54, 1.807) is 19.2 Å². The molecule has 0 saturated carbocycles. The highest BCUT2D eigenvalue weighted by atomic mass is 16.5. The number of hydrogen-bond donors (Lipinski definition) is 3. The molecular formula is C14H23NO3. The van der Waals surface area contributed by atoms with Gasteiger partial charge in [0.15, 0.2) is 0 Å². The molecule has 18 heavy (non-hydrogen) atoms. The van der Waals surface area contributed by atoms with E-state index in [4.69, 9.17) is 9.84 Å². The summed E-state index contributed by atoms with van der Waals surface area (Å²) in [5.41, 5.74) is 0.838. The average Bonchev–Trinajstić information content (AvgIpc) is 2.40. The molecule has 0 spiro atoms. The number of phenols is 1. The van der Waals surface area contributed by atoms with Crippen LogP contribution < -0.4 is 10.1 Å².